The number of amides is 1. The lowest BCUT2D eigenvalue weighted by Crippen LogP contribution is -2.54. The quantitative estimate of drug-likeness (QED) is 0.596. The van der Waals surface area contributed by atoms with Gasteiger partial charge >= 0.3 is 0 Å². The molecule has 0 N–H and O–H groups in total. The van der Waals surface area contributed by atoms with Crippen LogP contribution >= 0.6 is 0 Å². The zero-order valence-electron chi connectivity index (χ0n) is 18.3. The zero-order chi connectivity index (χ0) is 21.6. The summed E-state index contributed by atoms with van der Waals surface area (Å²) in [5, 5.41) is 0. The first-order valence-electron chi connectivity index (χ1n) is 11.2. The number of rotatable bonds is 9. The monoisotopic (exact) mass is 437 g/mol. The van der Waals surface area contributed by atoms with Crippen LogP contribution in [0.5, 0.6) is 5.75 Å². The van der Waals surface area contributed by atoms with E-state index in [0.29, 0.717) is 58.2 Å². The van der Waals surface area contributed by atoms with Gasteiger partial charge in [-0.2, -0.15) is 17.0 Å². The van der Waals surface area contributed by atoms with Gasteiger partial charge in [-0.1, -0.05) is 26.0 Å². The fourth-order valence-corrected chi connectivity index (χ4v) is 5.87. The van der Waals surface area contributed by atoms with Crippen LogP contribution in [0.15, 0.2) is 24.3 Å². The lowest BCUT2D eigenvalue weighted by molar-refractivity contribution is -0.132. The normalized spacial score (nSPS) is 18.8. The molecule has 7 nitrogen and oxygen atoms in total. The van der Waals surface area contributed by atoms with E-state index < -0.39 is 10.2 Å². The van der Waals surface area contributed by atoms with E-state index in [1.165, 1.54) is 21.5 Å². The van der Waals surface area contributed by atoms with E-state index in [4.69, 9.17) is 4.74 Å². The van der Waals surface area contributed by atoms with E-state index in [1.807, 2.05) is 38.1 Å². The minimum absolute atomic E-state index is 0.0806. The summed E-state index contributed by atoms with van der Waals surface area (Å²) < 4.78 is 34.3. The number of aryl methyl sites for hydroxylation is 1. The van der Waals surface area contributed by atoms with Gasteiger partial charge in [-0.3, -0.25) is 4.79 Å². The number of piperazine rings is 1. The topological polar surface area (TPSA) is 70.2 Å². The molecule has 3 rings (SSSR count). The lowest BCUT2D eigenvalue weighted by Gasteiger charge is -2.36. The Morgan fingerprint density at radius 1 is 1.10 bits per heavy atom. The van der Waals surface area contributed by atoms with Crippen molar-refractivity contribution < 1.29 is 17.9 Å². The molecule has 1 saturated carbocycles. The standard InChI is InChI=1S/C22H35N3O4S/c1-3-24(4-2)30(27,28)25-16-14-23(15-17-25)22(26)13-12-19-8-7-11-21(18-19)29-20-9-5-6-10-20/h7-8,11,18,20H,3-6,9-10,12-17H2,1-2H3. The predicted octanol–water partition coefficient (Wildman–Crippen LogP) is 2.67. The number of hydrogen-bond donors (Lipinski definition) is 0. The molecule has 2 fully saturated rings. The van der Waals surface area contributed by atoms with Gasteiger partial charge in [0.15, 0.2) is 0 Å². The van der Waals surface area contributed by atoms with Crippen LogP contribution in [0.3, 0.4) is 0 Å². The maximum absolute atomic E-state index is 12.7. The Bertz CT molecular complexity index is 796. The van der Waals surface area contributed by atoms with Gasteiger partial charge in [-0.05, 0) is 49.8 Å². The van der Waals surface area contributed by atoms with E-state index in [1.54, 1.807) is 4.90 Å². The van der Waals surface area contributed by atoms with Gasteiger partial charge < -0.3 is 9.64 Å². The molecule has 1 aliphatic heterocycles. The van der Waals surface area contributed by atoms with Gasteiger partial charge in [0.1, 0.15) is 5.75 Å². The highest BCUT2D eigenvalue weighted by Crippen LogP contribution is 2.25. The number of nitrogens with zero attached hydrogens (tertiary/aromatic N) is 3. The Morgan fingerprint density at radius 2 is 1.77 bits per heavy atom. The lowest BCUT2D eigenvalue weighted by atomic mass is 10.1. The minimum atomic E-state index is -3.43. The maximum Gasteiger partial charge on any atom is 0.282 e. The molecule has 0 aromatic heterocycles. The molecule has 8 heteroatoms. The molecule has 0 radical (unpaired) electrons. The second-order valence-corrected chi connectivity index (χ2v) is 9.97. The third-order valence-electron chi connectivity index (χ3n) is 6.08. The molecule has 0 bridgehead atoms. The van der Waals surface area contributed by atoms with Crippen molar-refractivity contribution in [3.05, 3.63) is 29.8 Å². The summed E-state index contributed by atoms with van der Waals surface area (Å²) >= 11 is 0. The fourth-order valence-electron chi connectivity index (χ4n) is 4.26. The van der Waals surface area contributed by atoms with Crippen molar-refractivity contribution >= 4 is 16.1 Å². The maximum atomic E-state index is 12.7. The van der Waals surface area contributed by atoms with Crippen LogP contribution in [0, 0.1) is 0 Å². The third-order valence-corrected chi connectivity index (χ3v) is 8.27. The number of benzene rings is 1. The number of hydrogen-bond acceptors (Lipinski definition) is 4. The van der Waals surface area contributed by atoms with Crippen molar-refractivity contribution in [1.82, 2.24) is 13.5 Å². The number of carbonyl (C=O) groups excluding carboxylic acids is 1. The van der Waals surface area contributed by atoms with Crippen LogP contribution in [0.4, 0.5) is 0 Å². The first-order chi connectivity index (χ1) is 14.4. The van der Waals surface area contributed by atoms with Crippen molar-refractivity contribution in [2.45, 2.75) is 58.5 Å². The highest BCUT2D eigenvalue weighted by Gasteiger charge is 2.31. The summed E-state index contributed by atoms with van der Waals surface area (Å²) in [6, 6.07) is 8.05. The average molecular weight is 438 g/mol. The number of ether oxygens (including phenoxy) is 1. The molecule has 0 unspecified atom stereocenters. The molecule has 0 spiro atoms. The summed E-state index contributed by atoms with van der Waals surface area (Å²) in [7, 11) is -3.43. The molecular formula is C22H35N3O4S. The molecular weight excluding hydrogens is 402 g/mol. The van der Waals surface area contributed by atoms with Crippen molar-refractivity contribution in [3.63, 3.8) is 0 Å². The van der Waals surface area contributed by atoms with Crippen LogP contribution in [-0.2, 0) is 21.4 Å². The van der Waals surface area contributed by atoms with E-state index in [-0.39, 0.29) is 5.91 Å². The molecule has 1 aromatic carbocycles. The molecule has 168 valence electrons. The summed E-state index contributed by atoms with van der Waals surface area (Å²) in [4.78, 5) is 14.4. The van der Waals surface area contributed by atoms with Crippen molar-refractivity contribution in [2.24, 2.45) is 0 Å². The molecule has 2 aliphatic rings. The van der Waals surface area contributed by atoms with Gasteiger partial charge in [0.25, 0.3) is 10.2 Å². The smallest absolute Gasteiger partial charge is 0.282 e. The SMILES string of the molecule is CCN(CC)S(=O)(=O)N1CCN(C(=O)CCc2cccc(OC3CCCC3)c2)CC1. The molecule has 30 heavy (non-hydrogen) atoms. The highest BCUT2D eigenvalue weighted by molar-refractivity contribution is 7.86. The summed E-state index contributed by atoms with van der Waals surface area (Å²) in [6.45, 7) is 6.21. The van der Waals surface area contributed by atoms with E-state index in [2.05, 4.69) is 0 Å². The fraction of sp³-hybridized carbons (Fsp3) is 0.682. The first-order valence-corrected chi connectivity index (χ1v) is 12.6. The van der Waals surface area contributed by atoms with Gasteiger partial charge in [0, 0.05) is 45.7 Å². The predicted molar refractivity (Wildman–Crippen MR) is 118 cm³/mol. The van der Waals surface area contributed by atoms with Crippen LogP contribution < -0.4 is 4.74 Å². The van der Waals surface area contributed by atoms with Crippen molar-refractivity contribution in [3.8, 4) is 5.75 Å². The third kappa shape index (κ3) is 5.74. The second kappa shape index (κ2) is 10.6. The Balaban J connectivity index is 1.47. The summed E-state index contributed by atoms with van der Waals surface area (Å²) in [5.74, 6) is 0.971. The summed E-state index contributed by atoms with van der Waals surface area (Å²) in [5.41, 5.74) is 1.10. The van der Waals surface area contributed by atoms with Gasteiger partial charge in [-0.25, -0.2) is 0 Å². The minimum Gasteiger partial charge on any atom is -0.490 e. The molecule has 1 heterocycles. The van der Waals surface area contributed by atoms with E-state index in [9.17, 15) is 13.2 Å². The van der Waals surface area contributed by atoms with E-state index >= 15 is 0 Å². The van der Waals surface area contributed by atoms with Gasteiger partial charge in [0.05, 0.1) is 6.10 Å². The van der Waals surface area contributed by atoms with Crippen molar-refractivity contribution in [1.29, 1.82) is 0 Å². The molecule has 1 aliphatic carbocycles. The van der Waals surface area contributed by atoms with Crippen LogP contribution in [0.2, 0.25) is 0 Å². The van der Waals surface area contributed by atoms with E-state index in [0.717, 1.165) is 24.2 Å². The largest absolute Gasteiger partial charge is 0.490 e. The molecule has 1 aromatic rings. The summed E-state index contributed by atoms with van der Waals surface area (Å²) in [6.07, 6.45) is 6.14. The van der Waals surface area contributed by atoms with Gasteiger partial charge in [-0.15, -0.1) is 0 Å². The molecule has 1 saturated heterocycles. The van der Waals surface area contributed by atoms with Crippen molar-refractivity contribution in [2.75, 3.05) is 39.3 Å². The molecule has 0 atom stereocenters. The van der Waals surface area contributed by atoms with Crippen LogP contribution in [0.1, 0.15) is 51.5 Å². The number of carbonyl (C=O) groups is 1. The Labute approximate surface area is 181 Å². The Hall–Kier alpha value is -1.64. The van der Waals surface area contributed by atoms with Crippen LogP contribution in [0.25, 0.3) is 0 Å². The highest BCUT2D eigenvalue weighted by atomic mass is 32.2. The van der Waals surface area contributed by atoms with Gasteiger partial charge in [0.2, 0.25) is 5.91 Å². The molecule has 1 amide bonds. The Morgan fingerprint density at radius 3 is 2.40 bits per heavy atom. The average Bonchev–Trinajstić information content (AvgIpc) is 3.26. The first kappa shape index (κ1) is 23.0. The second-order valence-electron chi connectivity index (χ2n) is 8.04. The Kier molecular flexibility index (Phi) is 8.13. The van der Waals surface area contributed by atoms with Crippen LogP contribution in [-0.4, -0.2) is 73.2 Å². The zero-order valence-corrected chi connectivity index (χ0v) is 19.1.